The number of fused-ring (bicyclic) bond motifs is 2. The van der Waals surface area contributed by atoms with Crippen molar-refractivity contribution in [1.82, 2.24) is 29.4 Å². The zero-order valence-corrected chi connectivity index (χ0v) is 20.0. The molecule has 5 heterocycles. The molecule has 2 saturated heterocycles. The fraction of sp³-hybridized carbons (Fsp3) is 0.423. The maximum absolute atomic E-state index is 4.87. The van der Waals surface area contributed by atoms with Gasteiger partial charge in [-0.05, 0) is 49.7 Å². The molecule has 6 rings (SSSR count). The zero-order chi connectivity index (χ0) is 23.1. The molecule has 0 aliphatic carbocycles. The van der Waals surface area contributed by atoms with Crippen molar-refractivity contribution in [3.8, 4) is 11.1 Å². The highest BCUT2D eigenvalue weighted by atomic mass is 15.3. The van der Waals surface area contributed by atoms with E-state index in [4.69, 9.17) is 4.98 Å². The van der Waals surface area contributed by atoms with Gasteiger partial charge in [-0.25, -0.2) is 9.50 Å². The van der Waals surface area contributed by atoms with Crippen LogP contribution in [-0.2, 0) is 0 Å². The lowest BCUT2D eigenvalue weighted by atomic mass is 10.0. The Hall–Kier alpha value is -3.23. The van der Waals surface area contributed by atoms with E-state index in [0.29, 0.717) is 6.04 Å². The number of rotatable bonds is 4. The largest absolute Gasteiger partial charge is 0.388 e. The molecule has 0 unspecified atom stereocenters. The van der Waals surface area contributed by atoms with Crippen LogP contribution in [0.4, 0.5) is 11.4 Å². The third kappa shape index (κ3) is 3.86. The number of hydrogen-bond donors (Lipinski definition) is 1. The fourth-order valence-electron chi connectivity index (χ4n) is 5.43. The molecule has 0 spiro atoms. The summed E-state index contributed by atoms with van der Waals surface area (Å²) in [7, 11) is 4.16. The van der Waals surface area contributed by atoms with Gasteiger partial charge in [0, 0.05) is 75.2 Å². The van der Waals surface area contributed by atoms with Crippen molar-refractivity contribution in [3.05, 3.63) is 49.1 Å². The molecule has 2 aliphatic heterocycles. The van der Waals surface area contributed by atoms with Gasteiger partial charge in [0.15, 0.2) is 5.65 Å². The van der Waals surface area contributed by atoms with E-state index in [2.05, 4.69) is 55.5 Å². The highest BCUT2D eigenvalue weighted by molar-refractivity contribution is 5.99. The predicted octanol–water partition coefficient (Wildman–Crippen LogP) is 3.20. The average molecular weight is 457 g/mol. The summed E-state index contributed by atoms with van der Waals surface area (Å²) in [5.41, 5.74) is 6.19. The fourth-order valence-corrected chi connectivity index (χ4v) is 5.43. The van der Waals surface area contributed by atoms with Crippen LogP contribution in [0.5, 0.6) is 0 Å². The van der Waals surface area contributed by atoms with Gasteiger partial charge in [0.25, 0.3) is 0 Å². The number of likely N-dealkylation sites (N-methyl/N-ethyl adjacent to an activating group) is 1. The van der Waals surface area contributed by atoms with Crippen molar-refractivity contribution in [2.24, 2.45) is 0 Å². The Kier molecular flexibility index (Phi) is 5.55. The van der Waals surface area contributed by atoms with E-state index in [1.54, 1.807) is 0 Å². The van der Waals surface area contributed by atoms with Crippen LogP contribution in [0.1, 0.15) is 12.8 Å². The Morgan fingerprint density at radius 3 is 2.53 bits per heavy atom. The van der Waals surface area contributed by atoms with Crippen molar-refractivity contribution < 1.29 is 0 Å². The van der Waals surface area contributed by atoms with Gasteiger partial charge in [0.05, 0.1) is 29.8 Å². The molecule has 0 bridgehead atoms. The maximum atomic E-state index is 4.87. The summed E-state index contributed by atoms with van der Waals surface area (Å²) in [4.78, 5) is 17.0. The van der Waals surface area contributed by atoms with Gasteiger partial charge in [-0.15, -0.1) is 0 Å². The molecule has 0 saturated carbocycles. The number of nitrogens with zero attached hydrogens (tertiary/aromatic N) is 7. The summed E-state index contributed by atoms with van der Waals surface area (Å²) >= 11 is 0. The predicted molar refractivity (Wildman–Crippen MR) is 138 cm³/mol. The Labute approximate surface area is 200 Å². The molecule has 4 aromatic rings. The monoisotopic (exact) mass is 456 g/mol. The van der Waals surface area contributed by atoms with Crippen LogP contribution in [0.25, 0.3) is 27.7 Å². The van der Waals surface area contributed by atoms with Crippen LogP contribution in [0.2, 0.25) is 0 Å². The number of aromatic nitrogens is 4. The summed E-state index contributed by atoms with van der Waals surface area (Å²) in [6, 6.07) is 9.00. The van der Waals surface area contributed by atoms with Gasteiger partial charge < -0.3 is 15.1 Å². The number of piperazine rings is 1. The van der Waals surface area contributed by atoms with E-state index in [1.165, 1.54) is 39.0 Å². The van der Waals surface area contributed by atoms with Crippen LogP contribution < -0.4 is 10.2 Å². The number of hydrogen-bond acceptors (Lipinski definition) is 7. The van der Waals surface area contributed by atoms with Crippen molar-refractivity contribution in [3.63, 3.8) is 0 Å². The zero-order valence-electron chi connectivity index (χ0n) is 20.0. The second-order valence-electron chi connectivity index (χ2n) is 9.54. The van der Waals surface area contributed by atoms with E-state index in [9.17, 15) is 0 Å². The Morgan fingerprint density at radius 1 is 0.912 bits per heavy atom. The average Bonchev–Trinajstić information content (AvgIpc) is 3.31. The Bertz CT molecular complexity index is 1300. The lowest BCUT2D eigenvalue weighted by molar-refractivity contribution is 0.0982. The SMILES string of the molecule is CNc1ccc2nccc(-c3cnn4cc(N5CCC(N6CCN(C)CC6)CC5)cnc34)c2c1. The van der Waals surface area contributed by atoms with Crippen molar-refractivity contribution in [2.45, 2.75) is 18.9 Å². The Morgan fingerprint density at radius 2 is 1.74 bits per heavy atom. The summed E-state index contributed by atoms with van der Waals surface area (Å²) < 4.78 is 1.92. The topological polar surface area (TPSA) is 64.8 Å². The molecular weight excluding hydrogens is 424 g/mol. The molecule has 0 atom stereocenters. The van der Waals surface area contributed by atoms with Crippen LogP contribution in [0.3, 0.4) is 0 Å². The van der Waals surface area contributed by atoms with Crippen molar-refractivity contribution in [2.75, 3.05) is 63.6 Å². The molecule has 0 radical (unpaired) electrons. The molecule has 3 aromatic heterocycles. The van der Waals surface area contributed by atoms with Crippen LogP contribution in [0.15, 0.2) is 49.1 Å². The maximum Gasteiger partial charge on any atom is 0.162 e. The van der Waals surface area contributed by atoms with Crippen LogP contribution in [0, 0.1) is 0 Å². The quantitative estimate of drug-likeness (QED) is 0.506. The van der Waals surface area contributed by atoms with Crippen molar-refractivity contribution >= 4 is 27.9 Å². The summed E-state index contributed by atoms with van der Waals surface area (Å²) in [5, 5.41) is 9.00. The van der Waals surface area contributed by atoms with Gasteiger partial charge in [-0.1, -0.05) is 0 Å². The first-order chi connectivity index (χ1) is 16.7. The van der Waals surface area contributed by atoms with E-state index < -0.39 is 0 Å². The first-order valence-electron chi connectivity index (χ1n) is 12.3. The number of piperidine rings is 1. The lowest BCUT2D eigenvalue weighted by Gasteiger charge is -2.42. The molecule has 8 heteroatoms. The number of pyridine rings is 1. The summed E-state index contributed by atoms with van der Waals surface area (Å²) in [6.07, 6.45) is 10.3. The first kappa shape index (κ1) is 21.3. The molecule has 1 N–H and O–H groups in total. The molecule has 0 amide bonds. The standard InChI is InChI=1S/C26H32N8/c1-27-19-3-4-25-23(15-19)22(5-8-28-25)24-17-30-34-18-21(16-29-26(24)34)32-9-6-20(7-10-32)33-13-11-31(2)12-14-33/h3-5,8,15-18,20,27H,6-7,9-14H2,1-2H3. The van der Waals surface area contributed by atoms with E-state index in [0.717, 1.165) is 52.1 Å². The highest BCUT2D eigenvalue weighted by Gasteiger charge is 2.27. The van der Waals surface area contributed by atoms with Crippen LogP contribution in [-0.4, -0.2) is 88.8 Å². The normalized spacial score (nSPS) is 18.7. The van der Waals surface area contributed by atoms with Gasteiger partial charge in [-0.3, -0.25) is 9.88 Å². The third-order valence-corrected chi connectivity index (χ3v) is 7.55. The molecule has 2 fully saturated rings. The molecule has 8 nitrogen and oxygen atoms in total. The van der Waals surface area contributed by atoms with Gasteiger partial charge in [0.2, 0.25) is 0 Å². The second kappa shape index (κ2) is 8.85. The molecule has 1 aromatic carbocycles. The van der Waals surface area contributed by atoms with Gasteiger partial charge >= 0.3 is 0 Å². The highest BCUT2D eigenvalue weighted by Crippen LogP contribution is 2.32. The van der Waals surface area contributed by atoms with Gasteiger partial charge in [-0.2, -0.15) is 5.10 Å². The molecule has 34 heavy (non-hydrogen) atoms. The minimum absolute atomic E-state index is 0.709. The Balaban J connectivity index is 1.23. The van der Waals surface area contributed by atoms with E-state index >= 15 is 0 Å². The first-order valence-corrected chi connectivity index (χ1v) is 12.3. The molecule has 2 aliphatic rings. The van der Waals surface area contributed by atoms with Gasteiger partial charge in [0.1, 0.15) is 0 Å². The number of benzene rings is 1. The van der Waals surface area contributed by atoms with E-state index in [-0.39, 0.29) is 0 Å². The smallest absolute Gasteiger partial charge is 0.162 e. The third-order valence-electron chi connectivity index (χ3n) is 7.55. The minimum atomic E-state index is 0.709. The van der Waals surface area contributed by atoms with E-state index in [1.807, 2.05) is 42.3 Å². The van der Waals surface area contributed by atoms with Crippen LogP contribution >= 0.6 is 0 Å². The summed E-state index contributed by atoms with van der Waals surface area (Å²) in [5.74, 6) is 0. The minimum Gasteiger partial charge on any atom is -0.388 e. The number of anilines is 2. The van der Waals surface area contributed by atoms with Crippen molar-refractivity contribution in [1.29, 1.82) is 0 Å². The summed E-state index contributed by atoms with van der Waals surface area (Å²) in [6.45, 7) is 6.91. The number of nitrogens with one attached hydrogen (secondary N) is 1. The second-order valence-corrected chi connectivity index (χ2v) is 9.54. The molecular formula is C26H32N8. The lowest BCUT2D eigenvalue weighted by Crippen LogP contribution is -2.52. The molecule has 176 valence electrons.